The highest BCUT2D eigenvalue weighted by molar-refractivity contribution is 5.64. The molecule has 2 aromatic rings. The molecule has 1 aromatic heterocycles. The summed E-state index contributed by atoms with van der Waals surface area (Å²) in [5.74, 6) is 0.664. The van der Waals surface area contributed by atoms with Crippen molar-refractivity contribution in [2.24, 2.45) is 0 Å². The van der Waals surface area contributed by atoms with Gasteiger partial charge in [-0.3, -0.25) is 10.1 Å². The lowest BCUT2D eigenvalue weighted by molar-refractivity contribution is -0.384. The largest absolute Gasteiger partial charge is 0.370 e. The van der Waals surface area contributed by atoms with E-state index in [0.717, 1.165) is 0 Å². The van der Waals surface area contributed by atoms with Gasteiger partial charge >= 0.3 is 0 Å². The zero-order valence-corrected chi connectivity index (χ0v) is 10.1. The molecule has 0 radical (unpaired) electrons. The van der Waals surface area contributed by atoms with Crippen molar-refractivity contribution in [3.05, 3.63) is 52.1 Å². The quantitative estimate of drug-likeness (QED) is 0.645. The molecule has 0 bridgehead atoms. The molecule has 1 aromatic carbocycles. The van der Waals surface area contributed by atoms with Gasteiger partial charge in [0.2, 0.25) is 0 Å². The SMILES string of the molecule is CC(Nc1cc(C#N)ccc1[N+](=O)[O-])c1ncc[nH]1. The number of nitriles is 1. The van der Waals surface area contributed by atoms with Gasteiger partial charge in [-0.25, -0.2) is 4.98 Å². The second-order valence-electron chi connectivity index (χ2n) is 3.94. The predicted molar refractivity (Wildman–Crippen MR) is 68.4 cm³/mol. The van der Waals surface area contributed by atoms with E-state index in [1.165, 1.54) is 18.2 Å². The number of nitro benzene ring substituents is 1. The summed E-state index contributed by atoms with van der Waals surface area (Å²) in [6.07, 6.45) is 3.28. The number of nitrogens with one attached hydrogen (secondary N) is 2. The molecule has 2 N–H and O–H groups in total. The summed E-state index contributed by atoms with van der Waals surface area (Å²) in [6.45, 7) is 1.82. The van der Waals surface area contributed by atoms with Gasteiger partial charge in [0, 0.05) is 18.5 Å². The molecule has 1 unspecified atom stereocenters. The first-order valence-corrected chi connectivity index (χ1v) is 5.56. The number of rotatable bonds is 4. The molecule has 1 heterocycles. The summed E-state index contributed by atoms with van der Waals surface area (Å²) in [4.78, 5) is 17.5. The highest BCUT2D eigenvalue weighted by atomic mass is 16.6. The van der Waals surface area contributed by atoms with Gasteiger partial charge < -0.3 is 10.3 Å². The molecule has 1 atom stereocenters. The topological polar surface area (TPSA) is 108 Å². The van der Waals surface area contributed by atoms with Crippen LogP contribution in [0.4, 0.5) is 11.4 Å². The molecule has 0 aliphatic carbocycles. The van der Waals surface area contributed by atoms with Crippen LogP contribution >= 0.6 is 0 Å². The van der Waals surface area contributed by atoms with Crippen molar-refractivity contribution >= 4 is 11.4 Å². The number of anilines is 1. The van der Waals surface area contributed by atoms with Crippen molar-refractivity contribution in [2.75, 3.05) is 5.32 Å². The van der Waals surface area contributed by atoms with Crippen LogP contribution in [0.15, 0.2) is 30.6 Å². The number of H-pyrrole nitrogens is 1. The average molecular weight is 257 g/mol. The minimum atomic E-state index is -0.488. The van der Waals surface area contributed by atoms with Crippen LogP contribution in [-0.2, 0) is 0 Å². The van der Waals surface area contributed by atoms with E-state index in [-0.39, 0.29) is 11.7 Å². The normalized spacial score (nSPS) is 11.6. The number of hydrogen-bond donors (Lipinski definition) is 2. The van der Waals surface area contributed by atoms with Crippen molar-refractivity contribution in [2.45, 2.75) is 13.0 Å². The lowest BCUT2D eigenvalue weighted by Gasteiger charge is -2.13. The number of imidazole rings is 1. The van der Waals surface area contributed by atoms with Crippen LogP contribution < -0.4 is 5.32 Å². The van der Waals surface area contributed by atoms with E-state index in [1.807, 2.05) is 13.0 Å². The fourth-order valence-corrected chi connectivity index (χ4v) is 1.70. The van der Waals surface area contributed by atoms with E-state index in [0.29, 0.717) is 17.1 Å². The fourth-order valence-electron chi connectivity index (χ4n) is 1.70. The second-order valence-corrected chi connectivity index (χ2v) is 3.94. The van der Waals surface area contributed by atoms with Gasteiger partial charge in [-0.05, 0) is 19.1 Å². The molecule has 0 amide bonds. The number of nitro groups is 1. The van der Waals surface area contributed by atoms with E-state index >= 15 is 0 Å². The maximum absolute atomic E-state index is 10.9. The van der Waals surface area contributed by atoms with Crippen LogP contribution in [0.3, 0.4) is 0 Å². The van der Waals surface area contributed by atoms with Crippen LogP contribution in [0.2, 0.25) is 0 Å². The van der Waals surface area contributed by atoms with Gasteiger partial charge in [-0.1, -0.05) is 0 Å². The van der Waals surface area contributed by atoms with Crippen LogP contribution in [-0.4, -0.2) is 14.9 Å². The van der Waals surface area contributed by atoms with Crippen LogP contribution in [0.5, 0.6) is 0 Å². The maximum atomic E-state index is 10.9. The Hall–Kier alpha value is -2.88. The molecule has 0 fully saturated rings. The van der Waals surface area contributed by atoms with Gasteiger partial charge in [-0.2, -0.15) is 5.26 Å². The lowest BCUT2D eigenvalue weighted by atomic mass is 10.1. The number of hydrogen-bond acceptors (Lipinski definition) is 5. The molecular formula is C12H11N5O2. The Bertz CT molecular complexity index is 630. The van der Waals surface area contributed by atoms with E-state index in [9.17, 15) is 10.1 Å². The minimum absolute atomic E-state index is 0.0718. The van der Waals surface area contributed by atoms with E-state index in [1.54, 1.807) is 12.4 Å². The number of aromatic nitrogens is 2. The zero-order chi connectivity index (χ0) is 13.8. The third-order valence-electron chi connectivity index (χ3n) is 2.62. The average Bonchev–Trinajstić information content (AvgIpc) is 2.92. The van der Waals surface area contributed by atoms with Crippen molar-refractivity contribution in [1.29, 1.82) is 5.26 Å². The molecule has 0 spiro atoms. The summed E-state index contributed by atoms with van der Waals surface area (Å²) >= 11 is 0. The van der Waals surface area contributed by atoms with Crippen molar-refractivity contribution in [3.8, 4) is 6.07 Å². The molecule has 7 nitrogen and oxygen atoms in total. The smallest absolute Gasteiger partial charge is 0.292 e. The maximum Gasteiger partial charge on any atom is 0.292 e. The number of aromatic amines is 1. The molecule has 0 aliphatic rings. The zero-order valence-electron chi connectivity index (χ0n) is 10.1. The molecular weight excluding hydrogens is 246 g/mol. The molecule has 96 valence electrons. The summed E-state index contributed by atoms with van der Waals surface area (Å²) in [7, 11) is 0. The van der Waals surface area contributed by atoms with E-state index in [4.69, 9.17) is 5.26 Å². The van der Waals surface area contributed by atoms with E-state index < -0.39 is 4.92 Å². The van der Waals surface area contributed by atoms with Crippen molar-refractivity contribution in [1.82, 2.24) is 9.97 Å². The molecule has 19 heavy (non-hydrogen) atoms. The standard InChI is InChI=1S/C12H11N5O2/c1-8(12-14-4-5-15-12)16-10-6-9(7-13)2-3-11(10)17(18)19/h2-6,8,16H,1H3,(H,14,15). The van der Waals surface area contributed by atoms with Gasteiger partial charge in [0.25, 0.3) is 5.69 Å². The van der Waals surface area contributed by atoms with Gasteiger partial charge in [-0.15, -0.1) is 0 Å². The Morgan fingerprint density at radius 3 is 2.95 bits per heavy atom. The first-order valence-electron chi connectivity index (χ1n) is 5.56. The van der Waals surface area contributed by atoms with Crippen molar-refractivity contribution < 1.29 is 4.92 Å². The predicted octanol–water partition coefficient (Wildman–Crippen LogP) is 2.36. The Kier molecular flexibility index (Phi) is 3.43. The third kappa shape index (κ3) is 2.69. The molecule has 7 heteroatoms. The minimum Gasteiger partial charge on any atom is -0.370 e. The Morgan fingerprint density at radius 1 is 1.58 bits per heavy atom. The highest BCUT2D eigenvalue weighted by Gasteiger charge is 2.17. The monoisotopic (exact) mass is 257 g/mol. The summed E-state index contributed by atoms with van der Waals surface area (Å²) < 4.78 is 0. The van der Waals surface area contributed by atoms with Crippen LogP contribution in [0.1, 0.15) is 24.4 Å². The summed E-state index contributed by atoms with van der Waals surface area (Å²) in [5.41, 5.74) is 0.588. The molecule has 0 aliphatic heterocycles. The number of nitrogens with zero attached hydrogens (tertiary/aromatic N) is 3. The number of benzene rings is 1. The Morgan fingerprint density at radius 2 is 2.37 bits per heavy atom. The fraction of sp³-hybridized carbons (Fsp3) is 0.167. The lowest BCUT2D eigenvalue weighted by Crippen LogP contribution is -2.10. The Labute approximate surface area is 109 Å². The molecule has 0 saturated carbocycles. The molecule has 2 rings (SSSR count). The highest BCUT2D eigenvalue weighted by Crippen LogP contribution is 2.28. The third-order valence-corrected chi connectivity index (χ3v) is 2.62. The Balaban J connectivity index is 2.32. The first kappa shape index (κ1) is 12.6. The van der Waals surface area contributed by atoms with Crippen LogP contribution in [0, 0.1) is 21.4 Å². The molecule has 0 saturated heterocycles. The van der Waals surface area contributed by atoms with Crippen molar-refractivity contribution in [3.63, 3.8) is 0 Å². The summed E-state index contributed by atoms with van der Waals surface area (Å²) in [6, 6.07) is 5.91. The summed E-state index contributed by atoms with van der Waals surface area (Å²) in [5, 5.41) is 22.8. The van der Waals surface area contributed by atoms with Crippen LogP contribution in [0.25, 0.3) is 0 Å². The van der Waals surface area contributed by atoms with E-state index in [2.05, 4.69) is 15.3 Å². The first-order chi connectivity index (χ1) is 9.11. The van der Waals surface area contributed by atoms with Gasteiger partial charge in [0.05, 0.1) is 22.6 Å². The van der Waals surface area contributed by atoms with Gasteiger partial charge in [0.15, 0.2) is 0 Å². The second kappa shape index (κ2) is 5.18. The van der Waals surface area contributed by atoms with Gasteiger partial charge in [0.1, 0.15) is 11.5 Å².